The first-order valence-corrected chi connectivity index (χ1v) is 4.96. The highest BCUT2D eigenvalue weighted by Crippen LogP contribution is 2.25. The molecule has 0 bridgehead atoms. The number of halogens is 1. The maximum absolute atomic E-state index is 9.61. The molecule has 1 rings (SSSR count). The van der Waals surface area contributed by atoms with Crippen molar-refractivity contribution in [2.45, 2.75) is 12.2 Å². The standard InChI is InChI=1S/C9H13BrN2O2/c10-6-3-5(1-2-7(6)12)9(14)8(13)4-11/h1-3,8-9,13-14H,4,11-12H2. The van der Waals surface area contributed by atoms with E-state index in [0.29, 0.717) is 15.7 Å². The average Bonchev–Trinajstić information content (AvgIpc) is 2.20. The summed E-state index contributed by atoms with van der Waals surface area (Å²) in [7, 11) is 0. The molecular weight excluding hydrogens is 248 g/mol. The highest BCUT2D eigenvalue weighted by molar-refractivity contribution is 9.10. The van der Waals surface area contributed by atoms with Crippen LogP contribution in [0.25, 0.3) is 0 Å². The van der Waals surface area contributed by atoms with Crippen molar-refractivity contribution < 1.29 is 10.2 Å². The Kier molecular flexibility index (Phi) is 3.88. The summed E-state index contributed by atoms with van der Waals surface area (Å²) in [5.41, 5.74) is 12.0. The zero-order valence-electron chi connectivity index (χ0n) is 7.52. The molecular formula is C9H13BrN2O2. The van der Waals surface area contributed by atoms with Crippen LogP contribution >= 0.6 is 15.9 Å². The molecule has 0 aliphatic heterocycles. The van der Waals surface area contributed by atoms with E-state index in [1.807, 2.05) is 0 Å². The molecule has 5 heteroatoms. The molecule has 0 aliphatic rings. The van der Waals surface area contributed by atoms with Gasteiger partial charge in [-0.3, -0.25) is 0 Å². The number of anilines is 1. The van der Waals surface area contributed by atoms with Gasteiger partial charge in [-0.1, -0.05) is 6.07 Å². The molecule has 6 N–H and O–H groups in total. The summed E-state index contributed by atoms with van der Waals surface area (Å²) in [6, 6.07) is 4.98. The van der Waals surface area contributed by atoms with Gasteiger partial charge in [0, 0.05) is 16.7 Å². The minimum absolute atomic E-state index is 0.0170. The third-order valence-electron chi connectivity index (χ3n) is 1.97. The summed E-state index contributed by atoms with van der Waals surface area (Å²) in [4.78, 5) is 0. The van der Waals surface area contributed by atoms with Crippen LogP contribution < -0.4 is 11.5 Å². The Labute approximate surface area is 90.7 Å². The van der Waals surface area contributed by atoms with Crippen molar-refractivity contribution in [1.82, 2.24) is 0 Å². The molecule has 2 unspecified atom stereocenters. The lowest BCUT2D eigenvalue weighted by Crippen LogP contribution is -2.27. The van der Waals surface area contributed by atoms with Crippen molar-refractivity contribution in [1.29, 1.82) is 0 Å². The fraction of sp³-hybridized carbons (Fsp3) is 0.333. The van der Waals surface area contributed by atoms with E-state index in [2.05, 4.69) is 15.9 Å². The predicted octanol–water partition coefficient (Wildman–Crippen LogP) is 0.384. The summed E-state index contributed by atoms with van der Waals surface area (Å²) < 4.78 is 0.693. The molecule has 0 aliphatic carbocycles. The second kappa shape index (κ2) is 4.75. The molecule has 1 aromatic carbocycles. The molecule has 0 radical (unpaired) electrons. The third-order valence-corrected chi connectivity index (χ3v) is 2.66. The highest BCUT2D eigenvalue weighted by atomic mass is 79.9. The van der Waals surface area contributed by atoms with Gasteiger partial charge in [0.2, 0.25) is 0 Å². The van der Waals surface area contributed by atoms with Gasteiger partial charge in [-0.25, -0.2) is 0 Å². The van der Waals surface area contributed by atoms with Crippen molar-refractivity contribution in [2.24, 2.45) is 5.73 Å². The smallest absolute Gasteiger partial charge is 0.106 e. The molecule has 4 nitrogen and oxygen atoms in total. The van der Waals surface area contributed by atoms with E-state index in [-0.39, 0.29) is 6.54 Å². The topological polar surface area (TPSA) is 92.5 Å². The van der Waals surface area contributed by atoms with Crippen LogP contribution in [0.2, 0.25) is 0 Å². The quantitative estimate of drug-likeness (QED) is 0.592. The average molecular weight is 261 g/mol. The summed E-state index contributed by atoms with van der Waals surface area (Å²) in [5.74, 6) is 0. The lowest BCUT2D eigenvalue weighted by molar-refractivity contribution is 0.0243. The Morgan fingerprint density at radius 3 is 2.50 bits per heavy atom. The Morgan fingerprint density at radius 2 is 2.00 bits per heavy atom. The van der Waals surface area contributed by atoms with Gasteiger partial charge in [0.05, 0.1) is 6.10 Å². The van der Waals surface area contributed by atoms with E-state index in [0.717, 1.165) is 0 Å². The third kappa shape index (κ3) is 2.45. The van der Waals surface area contributed by atoms with Gasteiger partial charge in [0.1, 0.15) is 6.10 Å². The number of aliphatic hydroxyl groups excluding tert-OH is 2. The van der Waals surface area contributed by atoms with Gasteiger partial charge in [0.25, 0.3) is 0 Å². The van der Waals surface area contributed by atoms with Gasteiger partial charge in [-0.2, -0.15) is 0 Å². The number of nitrogens with two attached hydrogens (primary N) is 2. The molecule has 78 valence electrons. The van der Waals surface area contributed by atoms with Crippen molar-refractivity contribution in [3.05, 3.63) is 28.2 Å². The number of aliphatic hydroxyl groups is 2. The molecule has 2 atom stereocenters. The van der Waals surface area contributed by atoms with Crippen LogP contribution in [0.4, 0.5) is 5.69 Å². The second-order valence-corrected chi connectivity index (χ2v) is 3.88. The fourth-order valence-electron chi connectivity index (χ4n) is 1.08. The molecule has 0 aromatic heterocycles. The Bertz CT molecular complexity index is 320. The molecule has 0 saturated carbocycles. The molecule has 14 heavy (non-hydrogen) atoms. The van der Waals surface area contributed by atoms with Crippen LogP contribution in [-0.4, -0.2) is 22.9 Å². The van der Waals surface area contributed by atoms with Crippen LogP contribution in [0.1, 0.15) is 11.7 Å². The van der Waals surface area contributed by atoms with Gasteiger partial charge >= 0.3 is 0 Å². The number of benzene rings is 1. The number of hydrogen-bond donors (Lipinski definition) is 4. The molecule has 0 amide bonds. The monoisotopic (exact) mass is 260 g/mol. The predicted molar refractivity (Wildman–Crippen MR) is 58.6 cm³/mol. The SMILES string of the molecule is NCC(O)C(O)c1ccc(N)c(Br)c1. The summed E-state index contributed by atoms with van der Waals surface area (Å²) >= 11 is 3.24. The largest absolute Gasteiger partial charge is 0.398 e. The molecule has 0 heterocycles. The van der Waals surface area contributed by atoms with Gasteiger partial charge in [-0.15, -0.1) is 0 Å². The molecule has 0 spiro atoms. The minimum Gasteiger partial charge on any atom is -0.398 e. The second-order valence-electron chi connectivity index (χ2n) is 3.03. The van der Waals surface area contributed by atoms with Crippen LogP contribution in [0.5, 0.6) is 0 Å². The molecule has 0 saturated heterocycles. The van der Waals surface area contributed by atoms with E-state index in [1.54, 1.807) is 18.2 Å². The van der Waals surface area contributed by atoms with E-state index in [1.165, 1.54) is 0 Å². The van der Waals surface area contributed by atoms with Crippen molar-refractivity contribution in [3.63, 3.8) is 0 Å². The lowest BCUT2D eigenvalue weighted by atomic mass is 10.0. The van der Waals surface area contributed by atoms with E-state index in [4.69, 9.17) is 11.5 Å². The van der Waals surface area contributed by atoms with E-state index < -0.39 is 12.2 Å². The van der Waals surface area contributed by atoms with Gasteiger partial charge in [0.15, 0.2) is 0 Å². The van der Waals surface area contributed by atoms with Crippen LogP contribution in [0, 0.1) is 0 Å². The Morgan fingerprint density at radius 1 is 1.36 bits per heavy atom. The number of hydrogen-bond acceptors (Lipinski definition) is 4. The van der Waals surface area contributed by atoms with Crippen LogP contribution in [0.3, 0.4) is 0 Å². The Balaban J connectivity index is 2.91. The maximum atomic E-state index is 9.61. The summed E-state index contributed by atoms with van der Waals surface area (Å²) in [6.07, 6.45) is -1.93. The van der Waals surface area contributed by atoms with E-state index >= 15 is 0 Å². The zero-order chi connectivity index (χ0) is 10.7. The first kappa shape index (κ1) is 11.5. The summed E-state index contributed by atoms with van der Waals surface area (Å²) in [6.45, 7) is 0.0170. The zero-order valence-corrected chi connectivity index (χ0v) is 9.11. The van der Waals surface area contributed by atoms with Gasteiger partial charge in [-0.05, 0) is 33.6 Å². The first-order valence-electron chi connectivity index (χ1n) is 4.17. The van der Waals surface area contributed by atoms with Crippen molar-refractivity contribution in [2.75, 3.05) is 12.3 Å². The lowest BCUT2D eigenvalue weighted by Gasteiger charge is -2.16. The first-order chi connectivity index (χ1) is 6.56. The molecule has 0 fully saturated rings. The van der Waals surface area contributed by atoms with Crippen molar-refractivity contribution in [3.8, 4) is 0 Å². The summed E-state index contributed by atoms with van der Waals surface area (Å²) in [5, 5.41) is 18.9. The maximum Gasteiger partial charge on any atom is 0.106 e. The van der Waals surface area contributed by atoms with Gasteiger partial charge < -0.3 is 21.7 Å². The van der Waals surface area contributed by atoms with E-state index in [9.17, 15) is 10.2 Å². The van der Waals surface area contributed by atoms with Crippen molar-refractivity contribution >= 4 is 21.6 Å². The molecule has 1 aromatic rings. The van der Waals surface area contributed by atoms with Crippen LogP contribution in [-0.2, 0) is 0 Å². The highest BCUT2D eigenvalue weighted by Gasteiger charge is 2.17. The van der Waals surface area contributed by atoms with Crippen LogP contribution in [0.15, 0.2) is 22.7 Å². The number of nitrogen functional groups attached to an aromatic ring is 1. The minimum atomic E-state index is -0.975. The normalized spacial score (nSPS) is 15.1. The fourth-order valence-corrected chi connectivity index (χ4v) is 1.47. The number of rotatable bonds is 3. The Hall–Kier alpha value is -0.620.